The monoisotopic (exact) mass is 336 g/mol. The van der Waals surface area contributed by atoms with E-state index in [1.807, 2.05) is 17.9 Å². The lowest BCUT2D eigenvalue weighted by Gasteiger charge is -2.25. The molecule has 0 bridgehead atoms. The van der Waals surface area contributed by atoms with Crippen LogP contribution < -0.4 is 10.6 Å². The maximum atomic E-state index is 5.82. The zero-order valence-corrected chi connectivity index (χ0v) is 15.7. The number of hydrogen-bond acceptors (Lipinski definition) is 4. The number of ether oxygens (including phenoxy) is 1. The van der Waals surface area contributed by atoms with Gasteiger partial charge in [-0.25, -0.2) is 0 Å². The third-order valence-corrected chi connectivity index (χ3v) is 4.41. The van der Waals surface area contributed by atoms with Crippen molar-refractivity contribution in [2.45, 2.75) is 38.3 Å². The minimum atomic E-state index is -0.118. The first-order valence-electron chi connectivity index (χ1n) is 8.74. The van der Waals surface area contributed by atoms with Gasteiger partial charge in [-0.05, 0) is 40.8 Å². The van der Waals surface area contributed by atoms with E-state index in [2.05, 4.69) is 54.8 Å². The van der Waals surface area contributed by atoms with Gasteiger partial charge < -0.3 is 20.3 Å². The van der Waals surface area contributed by atoms with Crippen molar-refractivity contribution in [3.8, 4) is 0 Å². The predicted octanol–water partition coefficient (Wildman–Crippen LogP) is 1.15. The molecule has 2 rings (SSSR count). The first-order chi connectivity index (χ1) is 11.4. The average Bonchev–Trinajstić information content (AvgIpc) is 3.14. The molecule has 2 unspecified atom stereocenters. The van der Waals surface area contributed by atoms with E-state index in [-0.39, 0.29) is 11.6 Å². The van der Waals surface area contributed by atoms with Gasteiger partial charge in [0.05, 0.1) is 24.4 Å². The third kappa shape index (κ3) is 5.21. The van der Waals surface area contributed by atoms with Gasteiger partial charge in [0.25, 0.3) is 0 Å². The molecule has 7 heteroatoms. The minimum absolute atomic E-state index is 0.118. The number of aryl methyl sites for hydroxylation is 1. The molecular weight excluding hydrogens is 304 g/mol. The molecule has 1 fully saturated rings. The molecule has 0 saturated carbocycles. The van der Waals surface area contributed by atoms with Crippen LogP contribution in [0.25, 0.3) is 0 Å². The molecule has 2 N–H and O–H groups in total. The van der Waals surface area contributed by atoms with Crippen LogP contribution in [0.3, 0.4) is 0 Å². The topological polar surface area (TPSA) is 66.7 Å². The zero-order chi connectivity index (χ0) is 17.6. The number of aromatic nitrogens is 2. The molecule has 136 valence electrons. The van der Waals surface area contributed by atoms with Crippen LogP contribution >= 0.6 is 0 Å². The quantitative estimate of drug-likeness (QED) is 0.577. The lowest BCUT2D eigenvalue weighted by atomic mass is 10.0. The van der Waals surface area contributed by atoms with Crippen LogP contribution in [0.4, 0.5) is 0 Å². The van der Waals surface area contributed by atoms with Crippen molar-refractivity contribution < 1.29 is 4.74 Å². The second-order valence-corrected chi connectivity index (χ2v) is 6.90. The van der Waals surface area contributed by atoms with Gasteiger partial charge >= 0.3 is 0 Å². The number of aliphatic imine (C=N–C) groups is 1. The zero-order valence-electron chi connectivity index (χ0n) is 15.7. The Kier molecular flexibility index (Phi) is 6.62. The van der Waals surface area contributed by atoms with Crippen molar-refractivity contribution in [3.63, 3.8) is 0 Å². The molecule has 0 amide bonds. The SMILES string of the molecule is CCNC(=NCC1(C)CCCO1)NCC(c1cnn(C)c1)N(C)C. The van der Waals surface area contributed by atoms with Gasteiger partial charge in [-0.2, -0.15) is 5.10 Å². The van der Waals surface area contributed by atoms with E-state index in [1.54, 1.807) is 0 Å². The van der Waals surface area contributed by atoms with E-state index in [1.165, 1.54) is 5.56 Å². The molecule has 2 heterocycles. The van der Waals surface area contributed by atoms with Gasteiger partial charge in [-0.1, -0.05) is 0 Å². The normalized spacial score (nSPS) is 22.8. The average molecular weight is 336 g/mol. The van der Waals surface area contributed by atoms with E-state index in [9.17, 15) is 0 Å². The maximum absolute atomic E-state index is 5.82. The van der Waals surface area contributed by atoms with Gasteiger partial charge in [0.2, 0.25) is 0 Å². The summed E-state index contributed by atoms with van der Waals surface area (Å²) < 4.78 is 7.66. The lowest BCUT2D eigenvalue weighted by molar-refractivity contribution is 0.0283. The predicted molar refractivity (Wildman–Crippen MR) is 97.2 cm³/mol. The second kappa shape index (κ2) is 8.48. The maximum Gasteiger partial charge on any atom is 0.191 e. The summed E-state index contributed by atoms with van der Waals surface area (Å²) in [6.07, 6.45) is 6.18. The van der Waals surface area contributed by atoms with Crippen molar-refractivity contribution >= 4 is 5.96 Å². The van der Waals surface area contributed by atoms with Crippen LogP contribution in [0.15, 0.2) is 17.4 Å². The van der Waals surface area contributed by atoms with Crippen LogP contribution in [-0.4, -0.2) is 66.6 Å². The Bertz CT molecular complexity index is 533. The molecule has 2 atom stereocenters. The van der Waals surface area contributed by atoms with E-state index < -0.39 is 0 Å². The fraction of sp³-hybridized carbons (Fsp3) is 0.765. The molecule has 1 aliphatic rings. The summed E-state index contributed by atoms with van der Waals surface area (Å²) in [6.45, 7) is 7.35. The van der Waals surface area contributed by atoms with Crippen molar-refractivity contribution in [2.24, 2.45) is 12.0 Å². The minimum Gasteiger partial charge on any atom is -0.373 e. The van der Waals surface area contributed by atoms with Gasteiger partial charge in [0, 0.05) is 38.5 Å². The molecule has 0 aromatic carbocycles. The summed E-state index contributed by atoms with van der Waals surface area (Å²) in [5.74, 6) is 0.838. The van der Waals surface area contributed by atoms with Gasteiger partial charge in [0.15, 0.2) is 5.96 Å². The highest BCUT2D eigenvalue weighted by Crippen LogP contribution is 2.25. The summed E-state index contributed by atoms with van der Waals surface area (Å²) in [6, 6.07) is 0.237. The summed E-state index contributed by atoms with van der Waals surface area (Å²) in [4.78, 5) is 6.92. The van der Waals surface area contributed by atoms with Gasteiger partial charge in [-0.15, -0.1) is 0 Å². The number of nitrogens with zero attached hydrogens (tertiary/aromatic N) is 4. The van der Waals surface area contributed by atoms with Crippen LogP contribution in [-0.2, 0) is 11.8 Å². The van der Waals surface area contributed by atoms with Crippen molar-refractivity contribution in [2.75, 3.05) is 40.3 Å². The number of rotatable bonds is 7. The smallest absolute Gasteiger partial charge is 0.191 e. The Morgan fingerprint density at radius 2 is 2.29 bits per heavy atom. The number of hydrogen-bond donors (Lipinski definition) is 2. The standard InChI is InChI=1S/C17H32N6O/c1-6-18-16(20-13-17(2)8-7-9-24-17)19-11-15(22(3)4)14-10-21-23(5)12-14/h10,12,15H,6-9,11,13H2,1-5H3,(H2,18,19,20). The van der Waals surface area contributed by atoms with Crippen LogP contribution in [0.2, 0.25) is 0 Å². The van der Waals surface area contributed by atoms with Crippen LogP contribution in [0.5, 0.6) is 0 Å². The lowest BCUT2D eigenvalue weighted by Crippen LogP contribution is -2.42. The molecule has 7 nitrogen and oxygen atoms in total. The van der Waals surface area contributed by atoms with E-state index in [0.29, 0.717) is 6.54 Å². The molecule has 1 saturated heterocycles. The summed E-state index contributed by atoms with van der Waals surface area (Å²) in [5.41, 5.74) is 1.07. The molecule has 1 aromatic heterocycles. The van der Waals surface area contributed by atoms with Crippen molar-refractivity contribution in [3.05, 3.63) is 18.0 Å². The summed E-state index contributed by atoms with van der Waals surface area (Å²) >= 11 is 0. The highest BCUT2D eigenvalue weighted by Gasteiger charge is 2.29. The van der Waals surface area contributed by atoms with Crippen molar-refractivity contribution in [1.29, 1.82) is 0 Å². The van der Waals surface area contributed by atoms with Gasteiger partial charge in [0.1, 0.15) is 0 Å². The Morgan fingerprint density at radius 3 is 2.83 bits per heavy atom. The largest absolute Gasteiger partial charge is 0.373 e. The molecule has 0 aliphatic carbocycles. The van der Waals surface area contributed by atoms with E-state index >= 15 is 0 Å². The molecule has 0 spiro atoms. The van der Waals surface area contributed by atoms with Crippen molar-refractivity contribution in [1.82, 2.24) is 25.3 Å². The molecule has 0 radical (unpaired) electrons. The van der Waals surface area contributed by atoms with Crippen LogP contribution in [0, 0.1) is 0 Å². The molecule has 24 heavy (non-hydrogen) atoms. The Hall–Kier alpha value is -1.60. The first-order valence-corrected chi connectivity index (χ1v) is 8.74. The highest BCUT2D eigenvalue weighted by molar-refractivity contribution is 5.79. The third-order valence-electron chi connectivity index (χ3n) is 4.41. The second-order valence-electron chi connectivity index (χ2n) is 6.90. The number of likely N-dealkylation sites (N-methyl/N-ethyl adjacent to an activating group) is 1. The Labute approximate surface area is 145 Å². The van der Waals surface area contributed by atoms with Gasteiger partial charge in [-0.3, -0.25) is 9.67 Å². The number of nitrogens with one attached hydrogen (secondary N) is 2. The highest BCUT2D eigenvalue weighted by atomic mass is 16.5. The fourth-order valence-corrected chi connectivity index (χ4v) is 2.95. The number of guanidine groups is 1. The molecule has 1 aromatic rings. The summed E-state index contributed by atoms with van der Waals surface area (Å²) in [7, 11) is 6.10. The Morgan fingerprint density at radius 1 is 1.50 bits per heavy atom. The first kappa shape index (κ1) is 18.7. The van der Waals surface area contributed by atoms with Crippen LogP contribution in [0.1, 0.15) is 38.3 Å². The van der Waals surface area contributed by atoms with E-state index in [0.717, 1.165) is 38.5 Å². The molecular formula is C17H32N6O. The van der Waals surface area contributed by atoms with E-state index in [4.69, 9.17) is 9.73 Å². The fourth-order valence-electron chi connectivity index (χ4n) is 2.95. The molecule has 1 aliphatic heterocycles. The Balaban J connectivity index is 1.98. The summed E-state index contributed by atoms with van der Waals surface area (Å²) in [5, 5.41) is 11.1.